The van der Waals surface area contributed by atoms with Crippen LogP contribution in [0.5, 0.6) is 5.88 Å². The summed E-state index contributed by atoms with van der Waals surface area (Å²) >= 11 is 0. The third-order valence-corrected chi connectivity index (χ3v) is 3.92. The van der Waals surface area contributed by atoms with Crippen molar-refractivity contribution in [2.75, 3.05) is 0 Å². The molecule has 0 radical (unpaired) electrons. The molecular weight excluding hydrogens is 224 g/mol. The Morgan fingerprint density at radius 2 is 2.22 bits per heavy atom. The highest BCUT2D eigenvalue weighted by Gasteiger charge is 2.26. The van der Waals surface area contributed by atoms with Gasteiger partial charge in [0.05, 0.1) is 0 Å². The maximum absolute atomic E-state index is 6.16. The van der Waals surface area contributed by atoms with Gasteiger partial charge in [-0.15, -0.1) is 0 Å². The van der Waals surface area contributed by atoms with Crippen LogP contribution in [0.1, 0.15) is 57.6 Å². The van der Waals surface area contributed by atoms with E-state index in [2.05, 4.69) is 11.9 Å². The van der Waals surface area contributed by atoms with E-state index < -0.39 is 0 Å². The predicted molar refractivity (Wildman–Crippen MR) is 73.5 cm³/mol. The Kier molecular flexibility index (Phi) is 4.59. The molecule has 0 aliphatic heterocycles. The van der Waals surface area contributed by atoms with Gasteiger partial charge >= 0.3 is 0 Å². The molecule has 1 aliphatic rings. The van der Waals surface area contributed by atoms with Gasteiger partial charge in [0.25, 0.3) is 0 Å². The fourth-order valence-corrected chi connectivity index (χ4v) is 2.79. The molecule has 0 saturated heterocycles. The second-order valence-corrected chi connectivity index (χ2v) is 5.30. The van der Waals surface area contributed by atoms with Crippen molar-refractivity contribution in [1.82, 2.24) is 4.98 Å². The standard InChI is InChI=1S/C15H24N2O/c1-3-12-7-4-5-9-14(12)18-15-13(11(2)16)8-6-10-17-15/h6,8,10-12,14H,3-5,7,9,16H2,1-2H3. The Bertz CT molecular complexity index is 379. The first-order valence-electron chi connectivity index (χ1n) is 7.09. The zero-order valence-corrected chi connectivity index (χ0v) is 11.4. The summed E-state index contributed by atoms with van der Waals surface area (Å²) in [5.41, 5.74) is 6.98. The molecule has 3 unspecified atom stereocenters. The van der Waals surface area contributed by atoms with E-state index in [1.165, 1.54) is 25.7 Å². The Labute approximate surface area is 110 Å². The van der Waals surface area contributed by atoms with Crippen LogP contribution >= 0.6 is 0 Å². The molecule has 18 heavy (non-hydrogen) atoms. The van der Waals surface area contributed by atoms with E-state index in [0.717, 1.165) is 17.9 Å². The van der Waals surface area contributed by atoms with Crippen molar-refractivity contribution in [2.45, 2.75) is 58.1 Å². The number of hydrogen-bond donors (Lipinski definition) is 1. The maximum atomic E-state index is 6.16. The smallest absolute Gasteiger partial charge is 0.218 e. The van der Waals surface area contributed by atoms with Gasteiger partial charge in [-0.3, -0.25) is 0 Å². The number of ether oxygens (including phenoxy) is 1. The molecule has 1 aliphatic carbocycles. The lowest BCUT2D eigenvalue weighted by molar-refractivity contribution is 0.0845. The summed E-state index contributed by atoms with van der Waals surface area (Å²) < 4.78 is 6.16. The summed E-state index contributed by atoms with van der Waals surface area (Å²) in [6, 6.07) is 3.90. The number of nitrogens with zero attached hydrogens (tertiary/aromatic N) is 1. The van der Waals surface area contributed by atoms with Crippen LogP contribution in [-0.2, 0) is 0 Å². The van der Waals surface area contributed by atoms with Crippen molar-refractivity contribution in [3.05, 3.63) is 23.9 Å². The number of nitrogens with two attached hydrogens (primary N) is 1. The lowest BCUT2D eigenvalue weighted by atomic mass is 9.85. The van der Waals surface area contributed by atoms with Gasteiger partial charge in [-0.05, 0) is 44.6 Å². The minimum absolute atomic E-state index is 0.0302. The SMILES string of the molecule is CCC1CCCCC1Oc1ncccc1C(C)N. The molecular formula is C15H24N2O. The molecule has 1 saturated carbocycles. The highest BCUT2D eigenvalue weighted by molar-refractivity contribution is 5.28. The number of rotatable bonds is 4. The summed E-state index contributed by atoms with van der Waals surface area (Å²) in [5, 5.41) is 0. The first-order chi connectivity index (χ1) is 8.72. The zero-order chi connectivity index (χ0) is 13.0. The minimum Gasteiger partial charge on any atom is -0.474 e. The van der Waals surface area contributed by atoms with Crippen molar-refractivity contribution in [2.24, 2.45) is 11.7 Å². The molecule has 1 fully saturated rings. The van der Waals surface area contributed by atoms with E-state index in [9.17, 15) is 0 Å². The summed E-state index contributed by atoms with van der Waals surface area (Å²) in [6.07, 6.45) is 8.31. The second-order valence-electron chi connectivity index (χ2n) is 5.30. The van der Waals surface area contributed by atoms with Crippen molar-refractivity contribution in [3.8, 4) is 5.88 Å². The third kappa shape index (κ3) is 3.02. The van der Waals surface area contributed by atoms with Crippen molar-refractivity contribution < 1.29 is 4.74 Å². The molecule has 0 bridgehead atoms. The van der Waals surface area contributed by atoms with Crippen LogP contribution in [0.3, 0.4) is 0 Å². The molecule has 0 aromatic carbocycles. The monoisotopic (exact) mass is 248 g/mol. The molecule has 3 atom stereocenters. The van der Waals surface area contributed by atoms with E-state index in [1.54, 1.807) is 6.20 Å². The number of aromatic nitrogens is 1. The molecule has 2 N–H and O–H groups in total. The third-order valence-electron chi connectivity index (χ3n) is 3.92. The van der Waals surface area contributed by atoms with Crippen LogP contribution in [0.15, 0.2) is 18.3 Å². The summed E-state index contributed by atoms with van der Waals surface area (Å²) in [7, 11) is 0. The van der Waals surface area contributed by atoms with E-state index in [-0.39, 0.29) is 6.04 Å². The van der Waals surface area contributed by atoms with Gasteiger partial charge in [-0.25, -0.2) is 4.98 Å². The molecule has 100 valence electrons. The van der Waals surface area contributed by atoms with Crippen LogP contribution in [0.4, 0.5) is 0 Å². The quantitative estimate of drug-likeness (QED) is 0.887. The lowest BCUT2D eigenvalue weighted by Gasteiger charge is -2.31. The van der Waals surface area contributed by atoms with Gasteiger partial charge in [0.15, 0.2) is 0 Å². The molecule has 3 nitrogen and oxygen atoms in total. The first-order valence-corrected chi connectivity index (χ1v) is 7.09. The van der Waals surface area contributed by atoms with Crippen molar-refractivity contribution >= 4 is 0 Å². The molecule has 1 heterocycles. The summed E-state index contributed by atoms with van der Waals surface area (Å²) in [4.78, 5) is 4.36. The molecule has 2 rings (SSSR count). The fourth-order valence-electron chi connectivity index (χ4n) is 2.79. The Hall–Kier alpha value is -1.09. The van der Waals surface area contributed by atoms with Gasteiger partial charge in [0.2, 0.25) is 5.88 Å². The summed E-state index contributed by atoms with van der Waals surface area (Å²) in [6.45, 7) is 4.22. The van der Waals surface area contributed by atoms with Gasteiger partial charge in [0, 0.05) is 17.8 Å². The lowest BCUT2D eigenvalue weighted by Crippen LogP contribution is -2.30. The second kappa shape index (κ2) is 6.19. The van der Waals surface area contributed by atoms with Crippen LogP contribution in [0.25, 0.3) is 0 Å². The maximum Gasteiger partial charge on any atom is 0.218 e. The van der Waals surface area contributed by atoms with Crippen molar-refractivity contribution in [1.29, 1.82) is 0 Å². The van der Waals surface area contributed by atoms with E-state index in [4.69, 9.17) is 10.5 Å². The average Bonchev–Trinajstić information content (AvgIpc) is 2.40. The normalized spacial score (nSPS) is 25.7. The molecule has 1 aromatic rings. The molecule has 0 amide bonds. The molecule has 1 aromatic heterocycles. The molecule has 0 spiro atoms. The van der Waals surface area contributed by atoms with Gasteiger partial charge in [-0.2, -0.15) is 0 Å². The van der Waals surface area contributed by atoms with Crippen LogP contribution < -0.4 is 10.5 Å². The first kappa shape index (κ1) is 13.3. The summed E-state index contributed by atoms with van der Waals surface area (Å²) in [5.74, 6) is 1.40. The van der Waals surface area contributed by atoms with Crippen LogP contribution in [0.2, 0.25) is 0 Å². The van der Waals surface area contributed by atoms with E-state index >= 15 is 0 Å². The van der Waals surface area contributed by atoms with E-state index in [1.807, 2.05) is 19.1 Å². The fraction of sp³-hybridized carbons (Fsp3) is 0.667. The average molecular weight is 248 g/mol. The van der Waals surface area contributed by atoms with Gasteiger partial charge in [0.1, 0.15) is 6.10 Å². The highest BCUT2D eigenvalue weighted by Crippen LogP contribution is 2.31. The van der Waals surface area contributed by atoms with E-state index in [0.29, 0.717) is 12.0 Å². The van der Waals surface area contributed by atoms with Gasteiger partial charge < -0.3 is 10.5 Å². The Morgan fingerprint density at radius 3 is 2.94 bits per heavy atom. The van der Waals surface area contributed by atoms with Crippen LogP contribution in [-0.4, -0.2) is 11.1 Å². The predicted octanol–water partition coefficient (Wildman–Crippen LogP) is 3.45. The van der Waals surface area contributed by atoms with Gasteiger partial charge in [-0.1, -0.05) is 19.4 Å². The van der Waals surface area contributed by atoms with Crippen molar-refractivity contribution in [3.63, 3.8) is 0 Å². The zero-order valence-electron chi connectivity index (χ0n) is 11.4. The van der Waals surface area contributed by atoms with Crippen LogP contribution in [0, 0.1) is 5.92 Å². The Morgan fingerprint density at radius 1 is 1.44 bits per heavy atom. The highest BCUT2D eigenvalue weighted by atomic mass is 16.5. The largest absolute Gasteiger partial charge is 0.474 e. The topological polar surface area (TPSA) is 48.1 Å². The number of pyridine rings is 1. The molecule has 3 heteroatoms. The minimum atomic E-state index is -0.0302. The Balaban J connectivity index is 2.12. The number of hydrogen-bond acceptors (Lipinski definition) is 3.